The van der Waals surface area contributed by atoms with Gasteiger partial charge in [0.25, 0.3) is 0 Å². The maximum atomic E-state index is 5.23. The summed E-state index contributed by atoms with van der Waals surface area (Å²) in [4.78, 5) is 0. The zero-order valence-corrected chi connectivity index (χ0v) is 7.32. The molecule has 0 bridgehead atoms. The second-order valence-electron chi connectivity index (χ2n) is 3.48. The smallest absolute Gasteiger partial charge is 0.102 e. The summed E-state index contributed by atoms with van der Waals surface area (Å²) in [7, 11) is 0. The van der Waals surface area contributed by atoms with Gasteiger partial charge in [-0.2, -0.15) is 0 Å². The highest BCUT2D eigenvalue weighted by Crippen LogP contribution is 2.25. The Bertz CT molecular complexity index is 149. The van der Waals surface area contributed by atoms with Crippen LogP contribution < -0.4 is 0 Å². The molecule has 0 amide bonds. The van der Waals surface area contributed by atoms with E-state index in [9.17, 15) is 0 Å². The lowest BCUT2D eigenvalue weighted by molar-refractivity contribution is 0.222. The van der Waals surface area contributed by atoms with Crippen LogP contribution in [0.1, 0.15) is 27.7 Å². The van der Waals surface area contributed by atoms with Crippen molar-refractivity contribution in [1.82, 2.24) is 0 Å². The van der Waals surface area contributed by atoms with Crippen LogP contribution in [0.2, 0.25) is 0 Å². The first-order chi connectivity index (χ1) is 4.34. The molecule has 0 heterocycles. The predicted octanol–water partition coefficient (Wildman–Crippen LogP) is 3.10. The molecule has 0 aromatic carbocycles. The monoisotopic (exact) mass is 140 g/mol. The highest BCUT2D eigenvalue weighted by Gasteiger charge is 2.16. The minimum atomic E-state index is 0.0128. The van der Waals surface area contributed by atoms with Crippen LogP contribution in [0.25, 0.3) is 0 Å². The minimum absolute atomic E-state index is 0.0128. The summed E-state index contributed by atoms with van der Waals surface area (Å²) in [5.74, 6) is 1.46. The largest absolute Gasteiger partial charge is 0.467 e. The van der Waals surface area contributed by atoms with Crippen LogP contribution in [0, 0.1) is 5.41 Å². The van der Waals surface area contributed by atoms with E-state index in [2.05, 4.69) is 33.9 Å². The molecule has 0 fully saturated rings. The Hall–Kier alpha value is -0.720. The van der Waals surface area contributed by atoms with Gasteiger partial charge in [0.05, 0.1) is 5.76 Å². The fraction of sp³-hybridized carbons (Fsp3) is 0.556. The lowest BCUT2D eigenvalue weighted by Crippen LogP contribution is -2.10. The molecule has 0 atom stereocenters. The Kier molecular flexibility index (Phi) is 2.70. The lowest BCUT2D eigenvalue weighted by atomic mass is 9.95. The summed E-state index contributed by atoms with van der Waals surface area (Å²) in [6, 6.07) is 0. The molecule has 1 heteroatoms. The van der Waals surface area contributed by atoms with Gasteiger partial charge < -0.3 is 4.74 Å². The van der Waals surface area contributed by atoms with Crippen molar-refractivity contribution in [2.75, 3.05) is 0 Å². The topological polar surface area (TPSA) is 9.23 Å². The van der Waals surface area contributed by atoms with Gasteiger partial charge in [-0.1, -0.05) is 33.9 Å². The zero-order valence-electron chi connectivity index (χ0n) is 7.32. The van der Waals surface area contributed by atoms with Crippen molar-refractivity contribution < 1.29 is 4.74 Å². The molecule has 0 aromatic heterocycles. The van der Waals surface area contributed by atoms with Gasteiger partial charge in [0.1, 0.15) is 5.76 Å². The van der Waals surface area contributed by atoms with Crippen molar-refractivity contribution in [3.05, 3.63) is 24.7 Å². The number of rotatable bonds is 2. The summed E-state index contributed by atoms with van der Waals surface area (Å²) < 4.78 is 5.23. The van der Waals surface area contributed by atoms with Crippen molar-refractivity contribution in [3.63, 3.8) is 0 Å². The quantitative estimate of drug-likeness (QED) is 0.535. The molecule has 0 saturated heterocycles. The van der Waals surface area contributed by atoms with Crippen LogP contribution >= 0.6 is 0 Å². The predicted molar refractivity (Wildman–Crippen MR) is 44.5 cm³/mol. The molecular weight excluding hydrogens is 124 g/mol. The zero-order chi connectivity index (χ0) is 8.36. The highest BCUT2D eigenvalue weighted by molar-refractivity contribution is 4.99. The molecule has 0 aliphatic heterocycles. The van der Waals surface area contributed by atoms with E-state index in [1.807, 2.05) is 6.92 Å². The number of hydrogen-bond acceptors (Lipinski definition) is 1. The second kappa shape index (κ2) is 2.91. The number of ether oxygens (including phenoxy) is 1. The van der Waals surface area contributed by atoms with Gasteiger partial charge in [0, 0.05) is 5.41 Å². The maximum absolute atomic E-state index is 5.23. The van der Waals surface area contributed by atoms with Crippen LogP contribution in [-0.2, 0) is 4.74 Å². The molecule has 1 nitrogen and oxygen atoms in total. The summed E-state index contributed by atoms with van der Waals surface area (Å²) in [6.45, 7) is 15.4. The first-order valence-electron chi connectivity index (χ1n) is 3.37. The van der Waals surface area contributed by atoms with Gasteiger partial charge in [-0.3, -0.25) is 0 Å². The summed E-state index contributed by atoms with van der Waals surface area (Å²) in [6.07, 6.45) is 0. The van der Waals surface area contributed by atoms with Crippen LogP contribution in [0.5, 0.6) is 0 Å². The molecular formula is C9H16O. The SMILES string of the molecule is C=C(C)OC(=C)C(C)(C)C. The first kappa shape index (κ1) is 9.28. The average Bonchev–Trinajstić information content (AvgIpc) is 1.60. The first-order valence-corrected chi connectivity index (χ1v) is 3.37. The van der Waals surface area contributed by atoms with Crippen molar-refractivity contribution in [2.24, 2.45) is 5.41 Å². The van der Waals surface area contributed by atoms with E-state index < -0.39 is 0 Å². The van der Waals surface area contributed by atoms with E-state index >= 15 is 0 Å². The third kappa shape index (κ3) is 3.33. The standard InChI is InChI=1S/C9H16O/c1-7(2)10-8(3)9(4,5)6/h1,3H2,2,4-6H3. The van der Waals surface area contributed by atoms with E-state index in [0.29, 0.717) is 5.76 Å². The molecule has 0 unspecified atom stereocenters. The number of hydrogen-bond donors (Lipinski definition) is 0. The molecule has 0 radical (unpaired) electrons. The molecule has 0 aliphatic rings. The summed E-state index contributed by atoms with van der Waals surface area (Å²) in [5.41, 5.74) is 0.0128. The second-order valence-corrected chi connectivity index (χ2v) is 3.48. The van der Waals surface area contributed by atoms with E-state index in [-0.39, 0.29) is 5.41 Å². The molecule has 0 aromatic rings. The van der Waals surface area contributed by atoms with E-state index in [1.54, 1.807) is 0 Å². The summed E-state index contributed by atoms with van der Waals surface area (Å²) in [5, 5.41) is 0. The van der Waals surface area contributed by atoms with Gasteiger partial charge in [0.2, 0.25) is 0 Å². The summed E-state index contributed by atoms with van der Waals surface area (Å²) >= 11 is 0. The highest BCUT2D eigenvalue weighted by atomic mass is 16.5. The molecule has 58 valence electrons. The van der Waals surface area contributed by atoms with Crippen molar-refractivity contribution in [3.8, 4) is 0 Å². The minimum Gasteiger partial charge on any atom is -0.467 e. The third-order valence-corrected chi connectivity index (χ3v) is 1.13. The molecule has 0 spiro atoms. The van der Waals surface area contributed by atoms with E-state index in [0.717, 1.165) is 5.76 Å². The third-order valence-electron chi connectivity index (χ3n) is 1.13. The molecule has 0 N–H and O–H groups in total. The molecule has 0 saturated carbocycles. The van der Waals surface area contributed by atoms with Crippen molar-refractivity contribution in [1.29, 1.82) is 0 Å². The normalized spacial score (nSPS) is 10.8. The van der Waals surface area contributed by atoms with Crippen LogP contribution in [-0.4, -0.2) is 0 Å². The Morgan fingerprint density at radius 1 is 1.20 bits per heavy atom. The van der Waals surface area contributed by atoms with E-state index in [4.69, 9.17) is 4.74 Å². The van der Waals surface area contributed by atoms with Crippen molar-refractivity contribution >= 4 is 0 Å². The Morgan fingerprint density at radius 3 is 1.70 bits per heavy atom. The number of allylic oxidation sites excluding steroid dienone is 2. The van der Waals surface area contributed by atoms with E-state index in [1.165, 1.54) is 0 Å². The fourth-order valence-corrected chi connectivity index (χ4v) is 0.363. The van der Waals surface area contributed by atoms with Gasteiger partial charge in [-0.05, 0) is 6.92 Å². The Morgan fingerprint density at radius 2 is 1.60 bits per heavy atom. The average molecular weight is 140 g/mol. The Labute approximate surface area is 63.4 Å². The maximum Gasteiger partial charge on any atom is 0.102 e. The van der Waals surface area contributed by atoms with Crippen LogP contribution in [0.15, 0.2) is 24.7 Å². The van der Waals surface area contributed by atoms with Crippen LogP contribution in [0.3, 0.4) is 0 Å². The van der Waals surface area contributed by atoms with Gasteiger partial charge in [0.15, 0.2) is 0 Å². The Balaban J connectivity index is 3.99. The van der Waals surface area contributed by atoms with Gasteiger partial charge in [-0.25, -0.2) is 0 Å². The van der Waals surface area contributed by atoms with Gasteiger partial charge in [-0.15, -0.1) is 0 Å². The van der Waals surface area contributed by atoms with Crippen LogP contribution in [0.4, 0.5) is 0 Å². The lowest BCUT2D eigenvalue weighted by Gasteiger charge is -2.21. The molecule has 0 aliphatic carbocycles. The fourth-order valence-electron chi connectivity index (χ4n) is 0.363. The van der Waals surface area contributed by atoms with Gasteiger partial charge >= 0.3 is 0 Å². The molecule has 0 rings (SSSR count). The van der Waals surface area contributed by atoms with Crippen molar-refractivity contribution in [2.45, 2.75) is 27.7 Å². The molecule has 10 heavy (non-hydrogen) atoms.